The van der Waals surface area contributed by atoms with Crippen LogP contribution in [0.4, 0.5) is 26.3 Å². The van der Waals surface area contributed by atoms with E-state index in [1.54, 1.807) is 29.8 Å². The molecule has 0 spiro atoms. The van der Waals surface area contributed by atoms with E-state index in [2.05, 4.69) is 14.9 Å². The van der Waals surface area contributed by atoms with Crippen molar-refractivity contribution < 1.29 is 35.9 Å². The number of imidazole rings is 1. The van der Waals surface area contributed by atoms with Crippen molar-refractivity contribution >= 4 is 16.8 Å². The van der Waals surface area contributed by atoms with Crippen molar-refractivity contribution in [2.24, 2.45) is 12.8 Å². The average molecular weight is 575 g/mol. The molecule has 5 aromatic rings. The number of halogens is 6. The fourth-order valence-electron chi connectivity index (χ4n) is 4.78. The number of alkyl halides is 6. The fourth-order valence-corrected chi connectivity index (χ4v) is 4.78. The Balaban J connectivity index is 1.51. The fraction of sp³-hybridized carbons (Fsp3) is 0.231. The first-order valence-electron chi connectivity index (χ1n) is 12.2. The van der Waals surface area contributed by atoms with Crippen molar-refractivity contribution in [2.45, 2.75) is 31.3 Å². The largest absolute Gasteiger partial charge is 0.573 e. The maximum atomic E-state index is 13.3. The highest BCUT2D eigenvalue weighted by molar-refractivity contribution is 5.96. The van der Waals surface area contributed by atoms with E-state index in [1.165, 1.54) is 23.0 Å². The highest BCUT2D eigenvalue weighted by Crippen LogP contribution is 2.47. The number of amides is 1. The molecule has 1 aliphatic carbocycles. The molecule has 3 N–H and O–H groups in total. The van der Waals surface area contributed by atoms with Gasteiger partial charge in [0.2, 0.25) is 5.91 Å². The second-order valence-electron chi connectivity index (χ2n) is 9.58. The number of nitrogens with one attached hydrogen (secondary N) is 1. The second kappa shape index (κ2) is 9.11. The minimum absolute atomic E-state index is 0.0120. The molecule has 3 heterocycles. The number of carbonyl (C=O) groups excluding carboxylic acids is 1. The maximum Gasteiger partial charge on any atom is 0.573 e. The normalized spacial score (nSPS) is 14.1. The molecule has 0 aliphatic heterocycles. The molecule has 212 valence electrons. The van der Waals surface area contributed by atoms with E-state index in [9.17, 15) is 31.1 Å². The summed E-state index contributed by atoms with van der Waals surface area (Å²) in [6.07, 6.45) is -6.47. The van der Waals surface area contributed by atoms with Crippen LogP contribution in [0.5, 0.6) is 5.75 Å². The summed E-state index contributed by atoms with van der Waals surface area (Å²) in [4.78, 5) is 16.4. The van der Waals surface area contributed by atoms with Gasteiger partial charge in [-0.1, -0.05) is 12.1 Å². The first-order valence-corrected chi connectivity index (χ1v) is 12.2. The Kier molecular flexibility index (Phi) is 5.86. The van der Waals surface area contributed by atoms with Crippen LogP contribution in [0.15, 0.2) is 48.7 Å². The lowest BCUT2D eigenvalue weighted by Crippen LogP contribution is -2.19. The van der Waals surface area contributed by atoms with Crippen molar-refractivity contribution in [3.8, 4) is 34.2 Å². The molecule has 1 saturated carbocycles. The summed E-state index contributed by atoms with van der Waals surface area (Å²) in [5.74, 6) is -1.40. The number of nitrogens with zero attached hydrogens (tertiary/aromatic N) is 5. The molecule has 1 fully saturated rings. The zero-order valence-electron chi connectivity index (χ0n) is 21.0. The SMILES string of the molecule is Cn1c(-c2ccc(C(N)=O)cc2OC(F)(F)F)nc(-c2cccc3nn(-c4cc(C(F)(F)F)[nH]n4)cc23)c1C1CC1. The third-order valence-electron chi connectivity index (χ3n) is 6.75. The number of ether oxygens (including phenoxy) is 1. The van der Waals surface area contributed by atoms with E-state index in [1.807, 2.05) is 5.10 Å². The van der Waals surface area contributed by atoms with Crippen molar-refractivity contribution in [3.63, 3.8) is 0 Å². The monoisotopic (exact) mass is 575 g/mol. The summed E-state index contributed by atoms with van der Waals surface area (Å²) in [7, 11) is 1.67. The number of primary amides is 1. The van der Waals surface area contributed by atoms with Crippen LogP contribution < -0.4 is 10.5 Å². The molecule has 2 aromatic carbocycles. The lowest BCUT2D eigenvalue weighted by molar-refractivity contribution is -0.274. The lowest BCUT2D eigenvalue weighted by Gasteiger charge is -2.14. The van der Waals surface area contributed by atoms with Gasteiger partial charge in [-0.15, -0.1) is 13.2 Å². The summed E-state index contributed by atoms with van der Waals surface area (Å²) in [5.41, 5.74) is 6.32. The molecular weight excluding hydrogens is 556 g/mol. The molecule has 0 bridgehead atoms. The van der Waals surface area contributed by atoms with Crippen LogP contribution in [0.3, 0.4) is 0 Å². The summed E-state index contributed by atoms with van der Waals surface area (Å²) in [5, 5.41) is 10.6. The van der Waals surface area contributed by atoms with Gasteiger partial charge in [0, 0.05) is 47.4 Å². The quantitative estimate of drug-likeness (QED) is 0.252. The van der Waals surface area contributed by atoms with Gasteiger partial charge in [-0.2, -0.15) is 23.4 Å². The Hall–Kier alpha value is -4.82. The van der Waals surface area contributed by atoms with Crippen LogP contribution in [0.25, 0.3) is 39.4 Å². The van der Waals surface area contributed by atoms with Crippen LogP contribution in [0, 0.1) is 0 Å². The van der Waals surface area contributed by atoms with E-state index < -0.39 is 29.9 Å². The molecule has 6 rings (SSSR count). The predicted octanol–water partition coefficient (Wildman–Crippen LogP) is 5.71. The van der Waals surface area contributed by atoms with Crippen molar-refractivity contribution in [2.75, 3.05) is 0 Å². The summed E-state index contributed by atoms with van der Waals surface area (Å²) >= 11 is 0. The molecule has 0 atom stereocenters. The summed E-state index contributed by atoms with van der Waals surface area (Å²) < 4.78 is 86.3. The topological polar surface area (TPSA) is 117 Å². The predicted molar refractivity (Wildman–Crippen MR) is 133 cm³/mol. The Morgan fingerprint density at radius 3 is 2.46 bits per heavy atom. The molecule has 0 radical (unpaired) electrons. The number of hydrogen-bond acceptors (Lipinski definition) is 5. The number of hydrogen-bond donors (Lipinski definition) is 2. The van der Waals surface area contributed by atoms with E-state index >= 15 is 0 Å². The van der Waals surface area contributed by atoms with E-state index in [0.29, 0.717) is 22.2 Å². The van der Waals surface area contributed by atoms with Crippen LogP contribution in [-0.2, 0) is 13.2 Å². The van der Waals surface area contributed by atoms with Gasteiger partial charge in [-0.3, -0.25) is 9.89 Å². The van der Waals surface area contributed by atoms with Gasteiger partial charge >= 0.3 is 12.5 Å². The van der Waals surface area contributed by atoms with Gasteiger partial charge in [0.25, 0.3) is 0 Å². The van der Waals surface area contributed by atoms with Crippen LogP contribution in [0.1, 0.15) is 40.5 Å². The van der Waals surface area contributed by atoms with Gasteiger partial charge in [0.05, 0.1) is 16.8 Å². The average Bonchev–Trinajstić information content (AvgIpc) is 3.28. The third kappa shape index (κ3) is 4.87. The summed E-state index contributed by atoms with van der Waals surface area (Å²) in [6, 6.07) is 9.45. The van der Waals surface area contributed by atoms with Crippen molar-refractivity contribution in [1.29, 1.82) is 0 Å². The van der Waals surface area contributed by atoms with Crippen molar-refractivity contribution in [1.82, 2.24) is 29.5 Å². The number of rotatable bonds is 6. The molecular formula is C26H19F6N7O2. The number of aromatic amines is 1. The number of carbonyl (C=O) groups is 1. The Morgan fingerprint density at radius 1 is 1.07 bits per heavy atom. The molecule has 41 heavy (non-hydrogen) atoms. The Bertz CT molecular complexity index is 1810. The molecule has 1 aliphatic rings. The lowest BCUT2D eigenvalue weighted by atomic mass is 10.0. The molecule has 0 unspecified atom stereocenters. The minimum Gasteiger partial charge on any atom is -0.405 e. The van der Waals surface area contributed by atoms with Crippen LogP contribution in [0.2, 0.25) is 0 Å². The van der Waals surface area contributed by atoms with Gasteiger partial charge in [-0.25, -0.2) is 9.67 Å². The Labute approximate surface area is 226 Å². The smallest absolute Gasteiger partial charge is 0.405 e. The van der Waals surface area contributed by atoms with Gasteiger partial charge in [-0.05, 0) is 37.1 Å². The number of fused-ring (bicyclic) bond motifs is 1. The first kappa shape index (κ1) is 26.4. The number of benzene rings is 2. The molecule has 3 aromatic heterocycles. The standard InChI is InChI=1S/C26H19F6N7O2/c1-38-22(12-5-6-12)21(34-24(38)15-8-7-13(23(33)40)9-18(15)41-26(30,31)32)14-3-2-4-17-16(14)11-39(37-17)20-10-19(35-36-20)25(27,28)29/h2-4,7-12H,5-6H2,1H3,(H2,33,40)(H,35,36). The van der Waals surface area contributed by atoms with E-state index in [0.717, 1.165) is 30.7 Å². The van der Waals surface area contributed by atoms with Crippen LogP contribution in [-0.4, -0.2) is 41.8 Å². The van der Waals surface area contributed by atoms with Gasteiger partial charge in [0.1, 0.15) is 17.3 Å². The highest BCUT2D eigenvalue weighted by Gasteiger charge is 2.36. The number of nitrogens with two attached hydrogens (primary N) is 1. The Morgan fingerprint density at radius 2 is 1.83 bits per heavy atom. The van der Waals surface area contributed by atoms with Crippen LogP contribution >= 0.6 is 0 Å². The first-order chi connectivity index (χ1) is 19.3. The number of aromatic nitrogens is 6. The maximum absolute atomic E-state index is 13.3. The van der Waals surface area contributed by atoms with Crippen molar-refractivity contribution in [3.05, 3.63) is 65.6 Å². The van der Waals surface area contributed by atoms with E-state index in [-0.39, 0.29) is 28.7 Å². The highest BCUT2D eigenvalue weighted by atomic mass is 19.4. The van der Waals surface area contributed by atoms with E-state index in [4.69, 9.17) is 10.7 Å². The molecule has 1 amide bonds. The molecule has 0 saturated heterocycles. The zero-order chi connectivity index (χ0) is 29.3. The number of H-pyrrole nitrogens is 1. The molecule has 9 nitrogen and oxygen atoms in total. The molecule has 15 heteroatoms. The third-order valence-corrected chi connectivity index (χ3v) is 6.75. The summed E-state index contributed by atoms with van der Waals surface area (Å²) in [6.45, 7) is 0. The minimum atomic E-state index is -5.04. The second-order valence-corrected chi connectivity index (χ2v) is 9.58. The van der Waals surface area contributed by atoms with Gasteiger partial charge < -0.3 is 15.0 Å². The zero-order valence-corrected chi connectivity index (χ0v) is 21.0. The van der Waals surface area contributed by atoms with Gasteiger partial charge in [0.15, 0.2) is 5.82 Å².